The van der Waals surface area contributed by atoms with Gasteiger partial charge in [0, 0.05) is 30.9 Å². The number of carbonyl (C=O) groups is 2. The summed E-state index contributed by atoms with van der Waals surface area (Å²) in [4.78, 5) is 28.7. The number of aromatic nitrogens is 2. The second-order valence-corrected chi connectivity index (χ2v) is 7.45. The van der Waals surface area contributed by atoms with Crippen LogP contribution >= 0.6 is 11.6 Å². The van der Waals surface area contributed by atoms with Gasteiger partial charge >= 0.3 is 0 Å². The summed E-state index contributed by atoms with van der Waals surface area (Å²) in [5.74, 6) is 0.401. The minimum atomic E-state index is -0.252. The molecule has 30 heavy (non-hydrogen) atoms. The smallest absolute Gasteiger partial charge is 0.274 e. The molecule has 2 amide bonds. The molecule has 7 nitrogen and oxygen atoms in total. The summed E-state index contributed by atoms with van der Waals surface area (Å²) in [5, 5.41) is 5.02. The maximum absolute atomic E-state index is 12.8. The highest BCUT2D eigenvalue weighted by Gasteiger charge is 2.28. The molecule has 8 heteroatoms. The van der Waals surface area contributed by atoms with E-state index >= 15 is 0 Å². The molecule has 0 spiro atoms. The largest absolute Gasteiger partial charge is 0.497 e. The zero-order valence-corrected chi connectivity index (χ0v) is 17.2. The highest BCUT2D eigenvalue weighted by atomic mass is 35.5. The van der Waals surface area contributed by atoms with Crippen LogP contribution < -0.4 is 4.74 Å². The van der Waals surface area contributed by atoms with Crippen LogP contribution in [0.25, 0.3) is 5.69 Å². The number of hydrogen-bond acceptors (Lipinski definition) is 4. The lowest BCUT2D eigenvalue weighted by Crippen LogP contribution is -2.51. The molecule has 1 aromatic heterocycles. The Morgan fingerprint density at radius 1 is 1.13 bits per heavy atom. The van der Waals surface area contributed by atoms with E-state index in [1.807, 2.05) is 42.5 Å². The van der Waals surface area contributed by atoms with Gasteiger partial charge in [0.2, 0.25) is 5.91 Å². The zero-order chi connectivity index (χ0) is 21.1. The van der Waals surface area contributed by atoms with E-state index in [4.69, 9.17) is 16.3 Å². The van der Waals surface area contributed by atoms with E-state index in [9.17, 15) is 9.59 Å². The Labute approximate surface area is 179 Å². The summed E-state index contributed by atoms with van der Waals surface area (Å²) in [5.41, 5.74) is 2.09. The van der Waals surface area contributed by atoms with Crippen molar-refractivity contribution in [2.75, 3.05) is 26.7 Å². The Morgan fingerprint density at radius 3 is 2.63 bits per heavy atom. The van der Waals surface area contributed by atoms with Crippen LogP contribution in [-0.4, -0.2) is 58.1 Å². The number of hydrogen-bond donors (Lipinski definition) is 0. The van der Waals surface area contributed by atoms with Crippen molar-refractivity contribution in [3.8, 4) is 11.4 Å². The molecule has 4 rings (SSSR count). The molecule has 1 aliphatic heterocycles. The molecule has 0 aliphatic carbocycles. The lowest BCUT2D eigenvalue weighted by atomic mass is 10.2. The quantitative estimate of drug-likeness (QED) is 0.631. The Kier molecular flexibility index (Phi) is 5.72. The SMILES string of the molecule is COc1ccc(-n2ccc(C(=O)N3CCN(Cc4cccc(Cl)c4)C(=O)C3)n2)cc1. The van der Waals surface area contributed by atoms with Gasteiger partial charge in [-0.05, 0) is 48.0 Å². The van der Waals surface area contributed by atoms with E-state index in [2.05, 4.69) is 5.10 Å². The first-order valence-corrected chi connectivity index (χ1v) is 9.93. The van der Waals surface area contributed by atoms with Crippen LogP contribution in [0.1, 0.15) is 16.1 Å². The summed E-state index contributed by atoms with van der Waals surface area (Å²) in [7, 11) is 1.61. The van der Waals surface area contributed by atoms with Crippen LogP contribution in [0.2, 0.25) is 5.02 Å². The van der Waals surface area contributed by atoms with Gasteiger partial charge in [0.25, 0.3) is 5.91 Å². The number of carbonyl (C=O) groups excluding carboxylic acids is 2. The van der Waals surface area contributed by atoms with Crippen molar-refractivity contribution in [1.82, 2.24) is 19.6 Å². The second kappa shape index (κ2) is 8.59. The van der Waals surface area contributed by atoms with E-state index in [-0.39, 0.29) is 18.4 Å². The number of methoxy groups -OCH3 is 1. The predicted octanol–water partition coefficient (Wildman–Crippen LogP) is 3.02. The van der Waals surface area contributed by atoms with Crippen LogP contribution in [0.15, 0.2) is 60.8 Å². The van der Waals surface area contributed by atoms with Crippen molar-refractivity contribution in [3.63, 3.8) is 0 Å². The molecule has 0 saturated carbocycles. The summed E-state index contributed by atoms with van der Waals surface area (Å²) >= 11 is 6.02. The van der Waals surface area contributed by atoms with Crippen molar-refractivity contribution in [2.24, 2.45) is 0 Å². The van der Waals surface area contributed by atoms with Gasteiger partial charge in [0.05, 0.1) is 12.8 Å². The molecular weight excluding hydrogens is 404 g/mol. The van der Waals surface area contributed by atoms with Crippen molar-refractivity contribution < 1.29 is 14.3 Å². The molecule has 0 N–H and O–H groups in total. The number of rotatable bonds is 5. The average molecular weight is 425 g/mol. The maximum Gasteiger partial charge on any atom is 0.274 e. The number of nitrogens with zero attached hydrogens (tertiary/aromatic N) is 4. The zero-order valence-electron chi connectivity index (χ0n) is 16.5. The number of benzene rings is 2. The predicted molar refractivity (Wildman–Crippen MR) is 113 cm³/mol. The van der Waals surface area contributed by atoms with Crippen LogP contribution in [0.4, 0.5) is 0 Å². The third kappa shape index (κ3) is 4.31. The average Bonchev–Trinajstić information content (AvgIpc) is 3.25. The molecule has 3 aromatic rings. The van der Waals surface area contributed by atoms with Crippen molar-refractivity contribution in [2.45, 2.75) is 6.54 Å². The van der Waals surface area contributed by atoms with Crippen molar-refractivity contribution >= 4 is 23.4 Å². The molecule has 0 radical (unpaired) electrons. The number of ether oxygens (including phenoxy) is 1. The van der Waals surface area contributed by atoms with Crippen LogP contribution in [0.3, 0.4) is 0 Å². The Hall–Kier alpha value is -3.32. The topological polar surface area (TPSA) is 67.7 Å². The second-order valence-electron chi connectivity index (χ2n) is 7.02. The third-order valence-electron chi connectivity index (χ3n) is 5.01. The third-order valence-corrected chi connectivity index (χ3v) is 5.25. The first kappa shape index (κ1) is 20.0. The Balaban J connectivity index is 1.40. The molecule has 2 heterocycles. The number of amides is 2. The fraction of sp³-hybridized carbons (Fsp3) is 0.227. The first-order valence-electron chi connectivity index (χ1n) is 9.55. The summed E-state index contributed by atoms with van der Waals surface area (Å²) in [6.45, 7) is 1.44. The molecule has 2 aromatic carbocycles. The van der Waals surface area contributed by atoms with Gasteiger partial charge < -0.3 is 14.5 Å². The van der Waals surface area contributed by atoms with Gasteiger partial charge in [0.1, 0.15) is 12.3 Å². The molecule has 1 saturated heterocycles. The normalized spacial score (nSPS) is 14.1. The first-order chi connectivity index (χ1) is 14.5. The summed E-state index contributed by atoms with van der Waals surface area (Å²) in [6.07, 6.45) is 1.73. The molecular formula is C22H21ClN4O3. The highest BCUT2D eigenvalue weighted by molar-refractivity contribution is 6.30. The molecule has 0 bridgehead atoms. The highest BCUT2D eigenvalue weighted by Crippen LogP contribution is 2.17. The minimum Gasteiger partial charge on any atom is -0.497 e. The van der Waals surface area contributed by atoms with Gasteiger partial charge in [-0.1, -0.05) is 23.7 Å². The van der Waals surface area contributed by atoms with Gasteiger partial charge in [-0.25, -0.2) is 4.68 Å². The molecule has 1 fully saturated rings. The Bertz CT molecular complexity index is 1060. The van der Waals surface area contributed by atoms with Crippen LogP contribution in [-0.2, 0) is 11.3 Å². The van der Waals surface area contributed by atoms with E-state index in [0.29, 0.717) is 30.4 Å². The van der Waals surface area contributed by atoms with Gasteiger partial charge in [-0.3, -0.25) is 9.59 Å². The van der Waals surface area contributed by atoms with E-state index in [0.717, 1.165) is 17.0 Å². The number of piperazine rings is 1. The van der Waals surface area contributed by atoms with Crippen LogP contribution in [0, 0.1) is 0 Å². The monoisotopic (exact) mass is 424 g/mol. The van der Waals surface area contributed by atoms with Gasteiger partial charge in [0.15, 0.2) is 5.69 Å². The summed E-state index contributed by atoms with van der Waals surface area (Å²) in [6, 6.07) is 16.5. The fourth-order valence-electron chi connectivity index (χ4n) is 3.38. The standard InChI is InChI=1S/C22H21ClN4O3/c1-30-19-7-5-18(6-8-19)27-10-9-20(24-27)22(29)26-12-11-25(21(28)15-26)14-16-3-2-4-17(23)13-16/h2-10,13H,11-12,14-15H2,1H3. The minimum absolute atomic E-state index is 0.0365. The Morgan fingerprint density at radius 2 is 1.93 bits per heavy atom. The molecule has 154 valence electrons. The van der Waals surface area contributed by atoms with Gasteiger partial charge in [-0.2, -0.15) is 5.10 Å². The number of halogens is 1. The molecule has 0 unspecified atom stereocenters. The lowest BCUT2D eigenvalue weighted by Gasteiger charge is -2.34. The van der Waals surface area contributed by atoms with Crippen LogP contribution in [0.5, 0.6) is 5.75 Å². The molecule has 0 atom stereocenters. The maximum atomic E-state index is 12.8. The van der Waals surface area contributed by atoms with Crippen molar-refractivity contribution in [3.05, 3.63) is 77.1 Å². The summed E-state index contributed by atoms with van der Waals surface area (Å²) < 4.78 is 6.79. The van der Waals surface area contributed by atoms with E-state index in [1.54, 1.807) is 35.0 Å². The van der Waals surface area contributed by atoms with Gasteiger partial charge in [-0.15, -0.1) is 0 Å². The van der Waals surface area contributed by atoms with Crippen molar-refractivity contribution in [1.29, 1.82) is 0 Å². The van der Waals surface area contributed by atoms with E-state index < -0.39 is 0 Å². The lowest BCUT2D eigenvalue weighted by molar-refractivity contribution is -0.135. The fourth-order valence-corrected chi connectivity index (χ4v) is 3.60. The molecule has 1 aliphatic rings. The van der Waals surface area contributed by atoms with E-state index in [1.165, 1.54) is 4.90 Å².